The molecule has 20 nitrogen and oxygen atoms in total. The zero-order chi connectivity index (χ0) is 70.9. The fraction of sp³-hybridized carbons (Fsp3) is 0.681. The van der Waals surface area contributed by atoms with Crippen LogP contribution in [-0.2, 0) is 77.0 Å². The van der Waals surface area contributed by atoms with E-state index in [1.54, 1.807) is 121 Å². The van der Waals surface area contributed by atoms with Gasteiger partial charge in [0.15, 0.2) is 34.9 Å². The number of allylic oxidation sites excluding steroid dienone is 4. The molecule has 2 aromatic rings. The lowest BCUT2D eigenvalue weighted by Gasteiger charge is -2.63. The van der Waals surface area contributed by atoms with Crippen LogP contribution in [0.15, 0.2) is 72.3 Å². The van der Waals surface area contributed by atoms with Gasteiger partial charge in [-0.05, 0) is 203 Å². The molecule has 1 saturated heterocycles. The van der Waals surface area contributed by atoms with Gasteiger partial charge in [0, 0.05) is 59.2 Å². The Hall–Kier alpha value is -5.58. The van der Waals surface area contributed by atoms with Crippen LogP contribution in [0.2, 0.25) is 0 Å². The number of ketones is 3. The lowest BCUT2D eigenvalue weighted by molar-refractivity contribution is -0.235. The number of esters is 1. The Morgan fingerprint density at radius 1 is 0.789 bits per heavy atom. The van der Waals surface area contributed by atoms with E-state index >= 15 is 13.6 Å². The number of unbranched alkanes of at least 4 members (excludes halogenated alkanes) is 1. The molecule has 0 spiro atoms. The minimum atomic E-state index is -4.50. The van der Waals surface area contributed by atoms with E-state index in [1.165, 1.54) is 19.1 Å². The Bertz CT molecular complexity index is 3250. The molecule has 95 heavy (non-hydrogen) atoms. The fourth-order valence-electron chi connectivity index (χ4n) is 14.1. The molecule has 0 unspecified atom stereocenters. The second-order valence-corrected chi connectivity index (χ2v) is 33.4. The first-order chi connectivity index (χ1) is 43.7. The highest BCUT2D eigenvalue weighted by molar-refractivity contribution is 7.48. The summed E-state index contributed by atoms with van der Waals surface area (Å²) in [4.78, 5) is 95.4. The Balaban J connectivity index is 1.10. The molecule has 7 rings (SSSR count). The van der Waals surface area contributed by atoms with E-state index in [0.717, 1.165) is 17.2 Å². The second-order valence-electron chi connectivity index (χ2n) is 31.9. The lowest BCUT2D eigenvalue weighted by atomic mass is 9.44. The first kappa shape index (κ1) is 76.8. The van der Waals surface area contributed by atoms with Gasteiger partial charge in [-0.3, -0.25) is 42.3 Å². The lowest BCUT2D eigenvalue weighted by Crippen LogP contribution is -2.70. The van der Waals surface area contributed by atoms with Crippen LogP contribution in [0.25, 0.3) is 0 Å². The zero-order valence-corrected chi connectivity index (χ0v) is 59.8. The van der Waals surface area contributed by atoms with Crippen LogP contribution in [0.3, 0.4) is 0 Å². The second kappa shape index (κ2) is 29.1. The van der Waals surface area contributed by atoms with Crippen molar-refractivity contribution in [2.24, 2.45) is 34.5 Å². The van der Waals surface area contributed by atoms with Crippen molar-refractivity contribution in [1.29, 1.82) is 0 Å². The average molecular weight is 1350 g/mol. The number of nitrogens with one attached hydrogen (secondary N) is 3. The third-order valence-corrected chi connectivity index (χ3v) is 20.3. The molecule has 23 heteroatoms. The van der Waals surface area contributed by atoms with Gasteiger partial charge in [-0.1, -0.05) is 62.7 Å². The highest BCUT2D eigenvalue weighted by atomic mass is 31.2. The number of halogens is 2. The number of Topliss-reactive ketones (excluding diaryl/α,β-unsaturated/α-hetero) is 2. The van der Waals surface area contributed by atoms with Crippen LogP contribution in [0.1, 0.15) is 205 Å². The number of fused-ring (bicyclic) bond motifs is 7. The maximum Gasteiger partial charge on any atom is 0.476 e. The number of phosphoric acid groups is 1. The van der Waals surface area contributed by atoms with E-state index in [-0.39, 0.29) is 63.7 Å². The van der Waals surface area contributed by atoms with Gasteiger partial charge < -0.3 is 44.7 Å². The molecular weight excluding hydrogens is 1250 g/mol. The predicted molar refractivity (Wildman–Crippen MR) is 353 cm³/mol. The van der Waals surface area contributed by atoms with Crippen molar-refractivity contribution in [1.82, 2.24) is 10.6 Å². The average Bonchev–Trinajstić information content (AvgIpc) is 1.57. The minimum Gasteiger partial charge on any atom is -0.460 e. The number of phosphoric ester groups is 1. The van der Waals surface area contributed by atoms with Gasteiger partial charge in [-0.15, -0.1) is 0 Å². The Kier molecular flexibility index (Phi) is 23.5. The maximum absolute atomic E-state index is 18.4. The number of ether oxygens (including phenoxy) is 5. The van der Waals surface area contributed by atoms with Crippen molar-refractivity contribution >= 4 is 54.7 Å². The summed E-state index contributed by atoms with van der Waals surface area (Å²) in [5, 5.41) is 20.9. The molecule has 0 bridgehead atoms. The molecule has 528 valence electrons. The van der Waals surface area contributed by atoms with Gasteiger partial charge in [0.2, 0.25) is 11.8 Å². The highest BCUT2D eigenvalue weighted by Crippen LogP contribution is 2.73. The number of hydrogen-bond donors (Lipinski definition) is 4. The van der Waals surface area contributed by atoms with E-state index in [1.807, 2.05) is 45.0 Å². The number of rotatable bonds is 26. The summed E-state index contributed by atoms with van der Waals surface area (Å²) in [6.07, 6.45) is -2.00. The first-order valence-electron chi connectivity index (χ1n) is 33.3. The normalized spacial score (nSPS) is 27.8. The van der Waals surface area contributed by atoms with Gasteiger partial charge in [0.25, 0.3) is 0 Å². The molecule has 3 saturated carbocycles. The van der Waals surface area contributed by atoms with Crippen LogP contribution in [-0.4, -0.2) is 130 Å². The monoisotopic (exact) mass is 1350 g/mol. The molecule has 1 heterocycles. The van der Waals surface area contributed by atoms with Crippen LogP contribution in [0, 0.1) is 34.5 Å². The van der Waals surface area contributed by atoms with E-state index in [9.17, 15) is 38.4 Å². The number of carbonyl (C=O) groups excluding carboxylic acids is 7. The van der Waals surface area contributed by atoms with Crippen molar-refractivity contribution in [3.8, 4) is 0 Å². The van der Waals surface area contributed by atoms with Crippen LogP contribution in [0.5, 0.6) is 0 Å². The van der Waals surface area contributed by atoms with Gasteiger partial charge >= 0.3 is 19.9 Å². The summed E-state index contributed by atoms with van der Waals surface area (Å²) in [5.74, 6) is -6.53. The van der Waals surface area contributed by atoms with Crippen molar-refractivity contribution in [2.45, 2.75) is 259 Å². The van der Waals surface area contributed by atoms with Crippen molar-refractivity contribution in [3.63, 3.8) is 0 Å². The standard InChI is InChI=1S/C72H104F2N3O17P/c1-43(25-30-59(82)90-65(5,6)7)60(83)77-54(41-87-64(2,3)4)55(79)36-47(23-19-20-33-75-63(85)92-66(8,9)10)61(84)76-48-24-21-22-45(35-48)34-44-26-28-46(29-27-44)62-89-58-39-50-51-38-53(73)52-37-49(78)31-32-69(52,17)71(51,74)56(80)40-70(50,18)72(58,91-62)57(81)42-88-95(86,93-67(11,12)13)94-68(14,15)16/h21-22,24,26-29,31-32,35,37,43,47,50-51,53-54,56,58,62,80H,19-20,23,25,30,33-34,36,38-42H2,1-18H3,(H,75,85)(H,76,84)(H,77,83)/t43-,47+,50-,51-,53-,54-,56-,58+,62+,69-,70-,71-,72+/m0/s1. The molecule has 4 aliphatic carbocycles. The van der Waals surface area contributed by atoms with Gasteiger partial charge in [0.05, 0.1) is 35.6 Å². The summed E-state index contributed by atoms with van der Waals surface area (Å²) >= 11 is 0. The number of benzene rings is 2. The number of aliphatic hydroxyl groups excluding tert-OH is 1. The topological polar surface area (TPSA) is 267 Å². The van der Waals surface area contributed by atoms with Gasteiger partial charge in [-0.2, -0.15) is 0 Å². The Labute approximate surface area is 559 Å². The smallest absolute Gasteiger partial charge is 0.460 e. The SMILES string of the molecule is C[C@@H](CCC(=O)OC(C)(C)C)C(=O)N[C@@H](COC(C)(C)C)C(=O)C[C@@H](CCCCNC(=O)OC(C)(C)C)C(=O)Nc1cccc(Cc2ccc([C@@H]3O[C@@H]4C[C@H]5[C@@H]6C[C@H](F)C7=CC(=O)C=C[C@]7(C)[C@@]6(F)[C@@H](O)C[C@]5(C)[C@]4(C(=O)COP(=O)(OC(C)(C)C)OC(C)(C)C)O3)cc2)c1. The number of alkyl carbamates (subject to hydrolysis) is 1. The first-order valence-corrected chi connectivity index (χ1v) is 34.8. The van der Waals surface area contributed by atoms with Crippen molar-refractivity contribution in [3.05, 3.63) is 89.0 Å². The van der Waals surface area contributed by atoms with E-state index in [0.29, 0.717) is 30.5 Å². The number of carbonyl (C=O) groups is 7. The molecule has 2 aromatic carbocycles. The van der Waals surface area contributed by atoms with Crippen LogP contribution < -0.4 is 16.0 Å². The Morgan fingerprint density at radius 2 is 1.43 bits per heavy atom. The molecule has 5 aliphatic rings. The van der Waals surface area contributed by atoms with E-state index in [4.69, 9.17) is 37.3 Å². The Morgan fingerprint density at radius 3 is 2.04 bits per heavy atom. The number of anilines is 1. The summed E-state index contributed by atoms with van der Waals surface area (Å²) in [5.41, 5.74) is -9.20. The third-order valence-electron chi connectivity index (χ3n) is 18.3. The molecule has 1 aliphatic heterocycles. The zero-order valence-electron chi connectivity index (χ0n) is 58.9. The molecule has 0 aromatic heterocycles. The van der Waals surface area contributed by atoms with Crippen LogP contribution >= 0.6 is 7.82 Å². The summed E-state index contributed by atoms with van der Waals surface area (Å²) in [6.45, 7) is 30.0. The number of alkyl halides is 2. The maximum atomic E-state index is 18.4. The van der Waals surface area contributed by atoms with E-state index < -0.39 is 160 Å². The van der Waals surface area contributed by atoms with Crippen molar-refractivity contribution < 1.29 is 89.3 Å². The largest absolute Gasteiger partial charge is 0.476 e. The molecule has 0 radical (unpaired) electrons. The third kappa shape index (κ3) is 18.8. The quantitative estimate of drug-likeness (QED) is 0.0387. The van der Waals surface area contributed by atoms with Crippen LogP contribution in [0.4, 0.5) is 19.3 Å². The molecule has 13 atom stereocenters. The fourth-order valence-corrected chi connectivity index (χ4v) is 15.8. The summed E-state index contributed by atoms with van der Waals surface area (Å²) < 4.78 is 97.6. The molecule has 4 N–H and O–H groups in total. The predicted octanol–water partition coefficient (Wildman–Crippen LogP) is 12.9. The summed E-state index contributed by atoms with van der Waals surface area (Å²) in [6, 6.07) is 13.4. The number of hydrogen-bond acceptors (Lipinski definition) is 17. The minimum absolute atomic E-state index is 0.00986. The highest BCUT2D eigenvalue weighted by Gasteiger charge is 2.80. The van der Waals surface area contributed by atoms with Crippen molar-refractivity contribution in [2.75, 3.05) is 25.1 Å². The molecular formula is C72H104F2N3O17P. The van der Waals surface area contributed by atoms with Gasteiger partial charge in [-0.25, -0.2) is 18.1 Å². The summed E-state index contributed by atoms with van der Waals surface area (Å²) in [7, 11) is -4.50. The molecule has 3 amide bonds. The number of aliphatic hydroxyl groups is 1. The van der Waals surface area contributed by atoms with Gasteiger partial charge in [0.1, 0.15) is 30.0 Å². The number of amides is 3. The van der Waals surface area contributed by atoms with E-state index in [2.05, 4.69) is 16.0 Å². The molecule has 4 fully saturated rings.